The third-order valence-corrected chi connectivity index (χ3v) is 4.47. The lowest BCUT2D eigenvalue weighted by Crippen LogP contribution is -2.18. The fourth-order valence-corrected chi connectivity index (χ4v) is 3.01. The second-order valence-corrected chi connectivity index (χ2v) is 7.01. The molecule has 0 aliphatic carbocycles. The van der Waals surface area contributed by atoms with E-state index >= 15 is 0 Å². The van der Waals surface area contributed by atoms with E-state index in [-0.39, 0.29) is 5.02 Å². The summed E-state index contributed by atoms with van der Waals surface area (Å²) in [6.45, 7) is 2.56. The molecule has 28 heavy (non-hydrogen) atoms. The van der Waals surface area contributed by atoms with E-state index in [4.69, 9.17) is 27.9 Å². The van der Waals surface area contributed by atoms with E-state index in [1.54, 1.807) is 18.3 Å². The van der Waals surface area contributed by atoms with Crippen molar-refractivity contribution < 1.29 is 9.53 Å². The Morgan fingerprint density at radius 1 is 1.07 bits per heavy atom. The van der Waals surface area contributed by atoms with E-state index in [1.807, 2.05) is 36.4 Å². The number of halogens is 2. The van der Waals surface area contributed by atoms with Crippen LogP contribution in [0.2, 0.25) is 10.0 Å². The average molecular weight is 413 g/mol. The highest BCUT2D eigenvalue weighted by Gasteiger charge is 2.09. The van der Waals surface area contributed by atoms with Crippen molar-refractivity contribution in [3.8, 4) is 5.75 Å². The van der Waals surface area contributed by atoms with Gasteiger partial charge in [-0.15, -0.1) is 0 Å². The van der Waals surface area contributed by atoms with Crippen molar-refractivity contribution in [2.45, 2.75) is 13.5 Å². The van der Waals surface area contributed by atoms with Gasteiger partial charge in [0, 0.05) is 5.02 Å². The van der Waals surface area contributed by atoms with E-state index in [0.29, 0.717) is 17.2 Å². The van der Waals surface area contributed by atoms with Gasteiger partial charge in [-0.1, -0.05) is 53.0 Å². The van der Waals surface area contributed by atoms with Crippen molar-refractivity contribution in [1.82, 2.24) is 5.43 Å². The summed E-state index contributed by atoms with van der Waals surface area (Å²) in [7, 11) is 0. The third kappa shape index (κ3) is 5.59. The number of carbonyl (C=O) groups is 1. The summed E-state index contributed by atoms with van der Waals surface area (Å²) in [4.78, 5) is 12.1. The van der Waals surface area contributed by atoms with Crippen molar-refractivity contribution in [3.63, 3.8) is 0 Å². The molecule has 0 heterocycles. The molecule has 0 bridgehead atoms. The summed E-state index contributed by atoms with van der Waals surface area (Å²) in [6.07, 6.45) is 1.55. The monoisotopic (exact) mass is 412 g/mol. The highest BCUT2D eigenvalue weighted by Crippen LogP contribution is 2.20. The SMILES string of the molecule is Cc1cccc(COc2ccc(/C=N/NC(=O)c3ccc(Cl)cc3Cl)cc2)c1. The number of hydrogen-bond acceptors (Lipinski definition) is 3. The number of carbonyl (C=O) groups excluding carboxylic acids is 1. The first kappa shape index (κ1) is 19.9. The molecule has 1 N–H and O–H groups in total. The standard InChI is InChI=1S/C22H18Cl2N2O2/c1-15-3-2-4-17(11-15)14-28-19-8-5-16(6-9-19)13-25-26-22(27)20-10-7-18(23)12-21(20)24/h2-13H,14H2,1H3,(H,26,27)/b25-13+. The lowest BCUT2D eigenvalue weighted by molar-refractivity contribution is 0.0955. The normalized spacial score (nSPS) is 10.8. The summed E-state index contributed by atoms with van der Waals surface area (Å²) in [5, 5.41) is 4.70. The molecule has 0 saturated carbocycles. The number of nitrogens with one attached hydrogen (secondary N) is 1. The number of rotatable bonds is 6. The highest BCUT2D eigenvalue weighted by atomic mass is 35.5. The Bertz CT molecular complexity index is 1000. The van der Waals surface area contributed by atoms with Gasteiger partial charge in [0.1, 0.15) is 12.4 Å². The van der Waals surface area contributed by atoms with E-state index in [2.05, 4.69) is 29.6 Å². The van der Waals surface area contributed by atoms with E-state index in [9.17, 15) is 4.79 Å². The maximum atomic E-state index is 12.1. The van der Waals surface area contributed by atoms with Crippen LogP contribution in [0.5, 0.6) is 5.75 Å². The van der Waals surface area contributed by atoms with Crippen LogP contribution in [-0.2, 0) is 6.61 Å². The molecule has 3 aromatic carbocycles. The van der Waals surface area contributed by atoms with Crippen LogP contribution < -0.4 is 10.2 Å². The summed E-state index contributed by atoms with van der Waals surface area (Å²) < 4.78 is 5.79. The number of hydrogen-bond donors (Lipinski definition) is 1. The zero-order valence-electron chi connectivity index (χ0n) is 15.2. The summed E-state index contributed by atoms with van der Waals surface area (Å²) >= 11 is 11.8. The fourth-order valence-electron chi connectivity index (χ4n) is 2.52. The van der Waals surface area contributed by atoms with Gasteiger partial charge in [0.2, 0.25) is 0 Å². The van der Waals surface area contributed by atoms with Crippen molar-refractivity contribution in [2.75, 3.05) is 0 Å². The molecule has 0 atom stereocenters. The summed E-state index contributed by atoms with van der Waals surface area (Å²) in [5.74, 6) is 0.353. The molecule has 0 spiro atoms. The van der Waals surface area contributed by atoms with Gasteiger partial charge in [0.25, 0.3) is 5.91 Å². The number of hydrazone groups is 1. The molecule has 0 aliphatic heterocycles. The topological polar surface area (TPSA) is 50.7 Å². The van der Waals surface area contributed by atoms with Crippen LogP contribution in [-0.4, -0.2) is 12.1 Å². The first-order chi connectivity index (χ1) is 13.5. The van der Waals surface area contributed by atoms with Gasteiger partial charge in [-0.25, -0.2) is 5.43 Å². The van der Waals surface area contributed by atoms with Gasteiger partial charge >= 0.3 is 0 Å². The van der Waals surface area contributed by atoms with Crippen molar-refractivity contribution in [1.29, 1.82) is 0 Å². The van der Waals surface area contributed by atoms with Crippen LogP contribution in [0.25, 0.3) is 0 Å². The Morgan fingerprint density at radius 3 is 2.57 bits per heavy atom. The second-order valence-electron chi connectivity index (χ2n) is 6.17. The lowest BCUT2D eigenvalue weighted by atomic mass is 10.1. The molecule has 3 aromatic rings. The van der Waals surface area contributed by atoms with Gasteiger partial charge in [0.05, 0.1) is 16.8 Å². The largest absolute Gasteiger partial charge is 0.489 e. The van der Waals surface area contributed by atoms with Crippen LogP contribution in [0.4, 0.5) is 0 Å². The number of nitrogens with zero attached hydrogens (tertiary/aromatic N) is 1. The number of aryl methyl sites for hydroxylation is 1. The molecule has 3 rings (SSSR count). The van der Waals surface area contributed by atoms with Crippen LogP contribution in [0.3, 0.4) is 0 Å². The maximum Gasteiger partial charge on any atom is 0.272 e. The maximum absolute atomic E-state index is 12.1. The molecule has 0 aromatic heterocycles. The molecule has 4 nitrogen and oxygen atoms in total. The molecule has 6 heteroatoms. The molecular formula is C22H18Cl2N2O2. The molecule has 142 valence electrons. The predicted octanol–water partition coefficient (Wildman–Crippen LogP) is 5.64. The van der Waals surface area contributed by atoms with Gasteiger partial charge in [-0.2, -0.15) is 5.10 Å². The molecule has 0 radical (unpaired) electrons. The lowest BCUT2D eigenvalue weighted by Gasteiger charge is -2.07. The Kier molecular flexibility index (Phi) is 6.69. The highest BCUT2D eigenvalue weighted by molar-refractivity contribution is 6.36. The van der Waals surface area contributed by atoms with E-state index in [0.717, 1.165) is 16.9 Å². The van der Waals surface area contributed by atoms with Gasteiger partial charge in [0.15, 0.2) is 0 Å². The zero-order chi connectivity index (χ0) is 19.9. The quantitative estimate of drug-likeness (QED) is 0.420. The smallest absolute Gasteiger partial charge is 0.272 e. The van der Waals surface area contributed by atoms with Crippen molar-refractivity contribution in [2.24, 2.45) is 5.10 Å². The summed E-state index contributed by atoms with van der Waals surface area (Å²) in [5.41, 5.74) is 5.90. The van der Waals surface area contributed by atoms with Gasteiger partial charge in [-0.05, 0) is 60.5 Å². The Morgan fingerprint density at radius 2 is 1.86 bits per heavy atom. The molecule has 0 fully saturated rings. The van der Waals surface area contributed by atoms with Gasteiger partial charge < -0.3 is 4.74 Å². The molecular weight excluding hydrogens is 395 g/mol. The predicted molar refractivity (Wildman–Crippen MR) is 113 cm³/mol. The van der Waals surface area contributed by atoms with Crippen molar-refractivity contribution >= 4 is 35.3 Å². The first-order valence-electron chi connectivity index (χ1n) is 8.58. The van der Waals surface area contributed by atoms with Crippen molar-refractivity contribution in [3.05, 3.63) is 99.0 Å². The van der Waals surface area contributed by atoms with E-state index < -0.39 is 5.91 Å². The third-order valence-electron chi connectivity index (χ3n) is 3.92. The van der Waals surface area contributed by atoms with Crippen LogP contribution in [0.15, 0.2) is 71.8 Å². The molecule has 1 amide bonds. The second kappa shape index (κ2) is 9.40. The Hall–Kier alpha value is -2.82. The average Bonchev–Trinajstić information content (AvgIpc) is 2.67. The molecule has 0 saturated heterocycles. The number of benzene rings is 3. The minimum Gasteiger partial charge on any atom is -0.489 e. The number of amides is 1. The summed E-state index contributed by atoms with van der Waals surface area (Å²) in [6, 6.07) is 20.3. The van der Waals surface area contributed by atoms with E-state index in [1.165, 1.54) is 11.6 Å². The Balaban J connectivity index is 1.54. The minimum atomic E-state index is -0.406. The zero-order valence-corrected chi connectivity index (χ0v) is 16.7. The van der Waals surface area contributed by atoms with Gasteiger partial charge in [-0.3, -0.25) is 4.79 Å². The molecule has 0 aliphatic rings. The van der Waals surface area contributed by atoms with Crippen LogP contribution in [0, 0.1) is 6.92 Å². The fraction of sp³-hybridized carbons (Fsp3) is 0.0909. The molecule has 0 unspecified atom stereocenters. The van der Waals surface area contributed by atoms with Crippen LogP contribution in [0.1, 0.15) is 27.0 Å². The first-order valence-corrected chi connectivity index (χ1v) is 9.34. The minimum absolute atomic E-state index is 0.273. The van der Waals surface area contributed by atoms with Crippen LogP contribution >= 0.6 is 23.2 Å². The number of ether oxygens (including phenoxy) is 1. The Labute approximate surface area is 173 Å².